The maximum absolute atomic E-state index is 10.5. The van der Waals surface area contributed by atoms with Crippen molar-refractivity contribution in [1.29, 1.82) is 0 Å². The van der Waals surface area contributed by atoms with E-state index in [1.165, 1.54) is 23.9 Å². The van der Waals surface area contributed by atoms with E-state index in [-0.39, 0.29) is 5.76 Å². The summed E-state index contributed by atoms with van der Waals surface area (Å²) >= 11 is 1.23. The number of rotatable bonds is 4. The molecular weight excluding hydrogens is 218 g/mol. The molecule has 0 aliphatic rings. The summed E-state index contributed by atoms with van der Waals surface area (Å²) in [6.45, 7) is 0.391. The SMILES string of the molecule is O=C(O)c1ccc(CNc2ncns2)o1. The number of nitrogens with one attached hydrogen (secondary N) is 1. The lowest BCUT2D eigenvalue weighted by Crippen LogP contribution is -1.97. The van der Waals surface area contributed by atoms with Crippen LogP contribution in [-0.2, 0) is 6.54 Å². The van der Waals surface area contributed by atoms with Gasteiger partial charge in [0.25, 0.3) is 0 Å². The summed E-state index contributed by atoms with van der Waals surface area (Å²) in [6, 6.07) is 3.02. The third kappa shape index (κ3) is 2.32. The lowest BCUT2D eigenvalue weighted by Gasteiger charge is -1.97. The molecule has 0 fully saturated rings. The van der Waals surface area contributed by atoms with E-state index in [1.54, 1.807) is 6.07 Å². The predicted molar refractivity (Wildman–Crippen MR) is 52.9 cm³/mol. The molecule has 0 spiro atoms. The summed E-state index contributed by atoms with van der Waals surface area (Å²) < 4.78 is 8.85. The highest BCUT2D eigenvalue weighted by atomic mass is 32.1. The van der Waals surface area contributed by atoms with Crippen molar-refractivity contribution in [1.82, 2.24) is 9.36 Å². The Hall–Kier alpha value is -1.89. The van der Waals surface area contributed by atoms with E-state index in [4.69, 9.17) is 9.52 Å². The van der Waals surface area contributed by atoms with Gasteiger partial charge in [0.15, 0.2) is 0 Å². The number of nitrogens with zero attached hydrogens (tertiary/aromatic N) is 2. The van der Waals surface area contributed by atoms with Gasteiger partial charge in [0.2, 0.25) is 10.9 Å². The third-order valence-electron chi connectivity index (χ3n) is 1.65. The zero-order chi connectivity index (χ0) is 10.7. The minimum Gasteiger partial charge on any atom is -0.475 e. The molecule has 2 heterocycles. The van der Waals surface area contributed by atoms with Crippen LogP contribution in [0.3, 0.4) is 0 Å². The quantitative estimate of drug-likeness (QED) is 0.818. The Morgan fingerprint density at radius 1 is 1.60 bits per heavy atom. The molecule has 2 rings (SSSR count). The molecule has 2 N–H and O–H groups in total. The molecule has 0 aromatic carbocycles. The summed E-state index contributed by atoms with van der Waals surface area (Å²) in [7, 11) is 0. The summed E-state index contributed by atoms with van der Waals surface area (Å²) in [4.78, 5) is 14.4. The summed E-state index contributed by atoms with van der Waals surface area (Å²) in [6.07, 6.45) is 1.44. The van der Waals surface area contributed by atoms with E-state index in [0.29, 0.717) is 17.4 Å². The number of carbonyl (C=O) groups is 1. The summed E-state index contributed by atoms with van der Waals surface area (Å²) in [5.74, 6) is -0.594. The number of aromatic nitrogens is 2. The number of furan rings is 1. The molecule has 0 bridgehead atoms. The molecule has 2 aromatic heterocycles. The first-order valence-corrected chi connectivity index (χ1v) is 4.85. The molecule has 0 saturated carbocycles. The highest BCUT2D eigenvalue weighted by molar-refractivity contribution is 7.09. The van der Waals surface area contributed by atoms with Crippen molar-refractivity contribution in [3.05, 3.63) is 30.0 Å². The van der Waals surface area contributed by atoms with E-state index < -0.39 is 5.97 Å². The molecule has 6 nitrogen and oxygen atoms in total. The van der Waals surface area contributed by atoms with Crippen molar-refractivity contribution >= 4 is 22.6 Å². The van der Waals surface area contributed by atoms with Crippen molar-refractivity contribution in [3.63, 3.8) is 0 Å². The van der Waals surface area contributed by atoms with Gasteiger partial charge in [-0.2, -0.15) is 4.37 Å². The van der Waals surface area contributed by atoms with Crippen LogP contribution in [-0.4, -0.2) is 20.4 Å². The van der Waals surface area contributed by atoms with E-state index in [9.17, 15) is 4.79 Å². The monoisotopic (exact) mass is 225 g/mol. The van der Waals surface area contributed by atoms with Gasteiger partial charge in [-0.3, -0.25) is 0 Å². The van der Waals surface area contributed by atoms with E-state index in [2.05, 4.69) is 14.7 Å². The Kier molecular flexibility index (Phi) is 2.64. The molecule has 0 aliphatic heterocycles. The van der Waals surface area contributed by atoms with E-state index in [0.717, 1.165) is 0 Å². The van der Waals surface area contributed by atoms with Crippen LogP contribution in [0.4, 0.5) is 5.13 Å². The molecule has 0 unspecified atom stereocenters. The Bertz CT molecular complexity index is 451. The third-order valence-corrected chi connectivity index (χ3v) is 2.27. The second kappa shape index (κ2) is 4.09. The zero-order valence-corrected chi connectivity index (χ0v) is 8.32. The topological polar surface area (TPSA) is 88.2 Å². The first-order chi connectivity index (χ1) is 7.25. The van der Waals surface area contributed by atoms with Crippen LogP contribution in [0.1, 0.15) is 16.3 Å². The summed E-state index contributed by atoms with van der Waals surface area (Å²) in [5, 5.41) is 12.2. The number of aromatic carboxylic acids is 1. The highest BCUT2D eigenvalue weighted by Crippen LogP contribution is 2.12. The molecule has 2 aromatic rings. The maximum Gasteiger partial charge on any atom is 0.371 e. The van der Waals surface area contributed by atoms with Crippen molar-refractivity contribution in [2.75, 3.05) is 5.32 Å². The van der Waals surface area contributed by atoms with Crippen LogP contribution in [0.5, 0.6) is 0 Å². The lowest BCUT2D eigenvalue weighted by atomic mass is 10.4. The maximum atomic E-state index is 10.5. The van der Waals surface area contributed by atoms with Gasteiger partial charge in [-0.25, -0.2) is 9.78 Å². The van der Waals surface area contributed by atoms with Crippen LogP contribution in [0.15, 0.2) is 22.9 Å². The molecule has 0 radical (unpaired) electrons. The fourth-order valence-electron chi connectivity index (χ4n) is 1.00. The van der Waals surface area contributed by atoms with Crippen LogP contribution >= 0.6 is 11.5 Å². The van der Waals surface area contributed by atoms with Crippen LogP contribution in [0, 0.1) is 0 Å². The standard InChI is InChI=1S/C8H7N3O3S/c12-7(13)6-2-1-5(14-6)3-9-8-10-4-11-15-8/h1-2,4H,3H2,(H,12,13)(H,9,10,11). The Balaban J connectivity index is 1.96. The van der Waals surface area contributed by atoms with Gasteiger partial charge in [-0.1, -0.05) is 0 Å². The zero-order valence-electron chi connectivity index (χ0n) is 7.51. The number of hydrogen-bond donors (Lipinski definition) is 2. The van der Waals surface area contributed by atoms with Crippen LogP contribution in [0.2, 0.25) is 0 Å². The Morgan fingerprint density at radius 2 is 2.47 bits per heavy atom. The number of anilines is 1. The average molecular weight is 225 g/mol. The predicted octanol–water partition coefficient (Wildman–Crippen LogP) is 1.44. The smallest absolute Gasteiger partial charge is 0.371 e. The molecule has 78 valence electrons. The van der Waals surface area contributed by atoms with E-state index >= 15 is 0 Å². The first-order valence-electron chi connectivity index (χ1n) is 4.08. The first kappa shape index (κ1) is 9.66. The molecule has 0 atom stereocenters. The van der Waals surface area contributed by atoms with Gasteiger partial charge in [0.05, 0.1) is 6.54 Å². The van der Waals surface area contributed by atoms with Crippen LogP contribution < -0.4 is 5.32 Å². The molecule has 7 heteroatoms. The van der Waals surface area contributed by atoms with Crippen molar-refractivity contribution in [2.45, 2.75) is 6.54 Å². The minimum absolute atomic E-state index is 0.0657. The Morgan fingerprint density at radius 3 is 3.07 bits per heavy atom. The molecule has 0 aliphatic carbocycles. The van der Waals surface area contributed by atoms with Gasteiger partial charge in [-0.15, -0.1) is 0 Å². The normalized spacial score (nSPS) is 10.1. The van der Waals surface area contributed by atoms with Crippen LogP contribution in [0.25, 0.3) is 0 Å². The number of carboxylic acid groups (broad SMARTS) is 1. The second-order valence-corrected chi connectivity index (χ2v) is 3.45. The van der Waals surface area contributed by atoms with Crippen molar-refractivity contribution < 1.29 is 14.3 Å². The Labute approximate surface area is 88.7 Å². The molecule has 15 heavy (non-hydrogen) atoms. The lowest BCUT2D eigenvalue weighted by molar-refractivity contribution is 0.0660. The van der Waals surface area contributed by atoms with E-state index in [1.807, 2.05) is 0 Å². The fourth-order valence-corrected chi connectivity index (χ4v) is 1.43. The van der Waals surface area contributed by atoms with Gasteiger partial charge in [0.1, 0.15) is 12.1 Å². The second-order valence-electron chi connectivity index (χ2n) is 2.67. The van der Waals surface area contributed by atoms with Gasteiger partial charge in [-0.05, 0) is 12.1 Å². The van der Waals surface area contributed by atoms with Gasteiger partial charge in [0, 0.05) is 11.5 Å². The number of hydrogen-bond acceptors (Lipinski definition) is 6. The molecular formula is C8H7N3O3S. The minimum atomic E-state index is -1.07. The fraction of sp³-hybridized carbons (Fsp3) is 0.125. The average Bonchev–Trinajstić information content (AvgIpc) is 2.86. The van der Waals surface area contributed by atoms with Gasteiger partial charge >= 0.3 is 5.97 Å². The molecule has 0 amide bonds. The summed E-state index contributed by atoms with van der Waals surface area (Å²) in [5.41, 5.74) is 0. The van der Waals surface area contributed by atoms with Gasteiger partial charge < -0.3 is 14.8 Å². The van der Waals surface area contributed by atoms with Crippen molar-refractivity contribution in [3.8, 4) is 0 Å². The van der Waals surface area contributed by atoms with Crippen molar-refractivity contribution in [2.24, 2.45) is 0 Å². The largest absolute Gasteiger partial charge is 0.475 e. The number of carboxylic acids is 1. The molecule has 0 saturated heterocycles. The highest BCUT2D eigenvalue weighted by Gasteiger charge is 2.08.